The summed E-state index contributed by atoms with van der Waals surface area (Å²) in [6, 6.07) is 2.24. The third kappa shape index (κ3) is 8.57. The lowest BCUT2D eigenvalue weighted by Gasteiger charge is -2.28. The Morgan fingerprint density at radius 1 is 1.07 bits per heavy atom. The van der Waals surface area contributed by atoms with Crippen LogP contribution in [0.4, 0.5) is 4.39 Å². The number of nitrogens with one attached hydrogen (secondary N) is 1. The number of ether oxygens (including phenoxy) is 2. The number of benzene rings is 1. The highest BCUT2D eigenvalue weighted by Crippen LogP contribution is 2.33. The molecular weight excluding hydrogens is 480 g/mol. The first-order valence-electron chi connectivity index (χ1n) is 9.59. The van der Waals surface area contributed by atoms with Crippen molar-refractivity contribution in [2.45, 2.75) is 62.8 Å². The quantitative estimate of drug-likeness (QED) is 0.142. The lowest BCUT2D eigenvalue weighted by atomic mass is 10.1. The fourth-order valence-electron chi connectivity index (χ4n) is 2.40. The molecule has 11 heteroatoms. The molecule has 0 amide bonds. The van der Waals surface area contributed by atoms with Gasteiger partial charge in [0.2, 0.25) is 0 Å². The highest BCUT2D eigenvalue weighted by molar-refractivity contribution is 7.87. The molecular formula is C19H27Cl3FNO5S. The Morgan fingerprint density at radius 2 is 1.67 bits per heavy atom. The predicted molar refractivity (Wildman–Crippen MR) is 118 cm³/mol. The van der Waals surface area contributed by atoms with E-state index in [1.54, 1.807) is 0 Å². The SMILES string of the molecule is CCCCOC[C@@H](OS(=O)(=O)c1cc(Cl)c(Cl)cc1Cl)[C@@H](OCCCC)[C@H](F)C=N. The van der Waals surface area contributed by atoms with Crippen LogP contribution in [-0.4, -0.2) is 52.8 Å². The maximum Gasteiger partial charge on any atom is 0.298 e. The van der Waals surface area contributed by atoms with E-state index >= 15 is 0 Å². The molecule has 0 aliphatic rings. The zero-order valence-electron chi connectivity index (χ0n) is 16.9. The predicted octanol–water partition coefficient (Wildman–Crippen LogP) is 5.71. The molecule has 0 bridgehead atoms. The van der Waals surface area contributed by atoms with Crippen molar-refractivity contribution in [3.8, 4) is 0 Å². The van der Waals surface area contributed by atoms with Gasteiger partial charge >= 0.3 is 0 Å². The molecule has 0 spiro atoms. The van der Waals surface area contributed by atoms with Crippen LogP contribution in [0.15, 0.2) is 17.0 Å². The zero-order valence-corrected chi connectivity index (χ0v) is 20.0. The van der Waals surface area contributed by atoms with E-state index in [0.717, 1.165) is 25.3 Å². The van der Waals surface area contributed by atoms with E-state index in [4.69, 9.17) is 53.9 Å². The van der Waals surface area contributed by atoms with Crippen LogP contribution < -0.4 is 0 Å². The molecule has 1 aromatic rings. The fraction of sp³-hybridized carbons (Fsp3) is 0.632. The van der Waals surface area contributed by atoms with Crippen LogP contribution in [0.2, 0.25) is 15.1 Å². The van der Waals surface area contributed by atoms with E-state index in [9.17, 15) is 12.8 Å². The normalized spacial score (nSPS) is 15.0. The van der Waals surface area contributed by atoms with Gasteiger partial charge in [0.05, 0.1) is 21.7 Å². The molecule has 0 aliphatic heterocycles. The van der Waals surface area contributed by atoms with E-state index in [0.29, 0.717) is 19.2 Å². The average Bonchev–Trinajstić information content (AvgIpc) is 2.69. The Bertz CT molecular complexity index is 782. The van der Waals surface area contributed by atoms with Gasteiger partial charge in [0, 0.05) is 19.4 Å². The molecule has 1 rings (SSSR count). The maximum atomic E-state index is 14.5. The van der Waals surface area contributed by atoms with E-state index < -0.39 is 33.4 Å². The van der Waals surface area contributed by atoms with E-state index in [2.05, 4.69) is 0 Å². The van der Waals surface area contributed by atoms with Crippen molar-refractivity contribution in [1.29, 1.82) is 5.41 Å². The second-order valence-corrected chi connectivity index (χ2v) is 9.28. The monoisotopic (exact) mass is 505 g/mol. The lowest BCUT2D eigenvalue weighted by Crippen LogP contribution is -2.44. The first-order chi connectivity index (χ1) is 14.2. The Labute approximate surface area is 192 Å². The van der Waals surface area contributed by atoms with Crippen molar-refractivity contribution in [3.05, 3.63) is 27.2 Å². The summed E-state index contributed by atoms with van der Waals surface area (Å²) in [5, 5.41) is 7.11. The summed E-state index contributed by atoms with van der Waals surface area (Å²) in [5.41, 5.74) is 0. The molecule has 6 nitrogen and oxygen atoms in total. The van der Waals surface area contributed by atoms with Crippen molar-refractivity contribution in [2.24, 2.45) is 0 Å². The summed E-state index contributed by atoms with van der Waals surface area (Å²) >= 11 is 17.8. The molecule has 0 heterocycles. The van der Waals surface area contributed by atoms with Gasteiger partial charge in [-0.05, 0) is 25.0 Å². The minimum absolute atomic E-state index is 0.0300. The van der Waals surface area contributed by atoms with Gasteiger partial charge in [-0.3, -0.25) is 4.18 Å². The van der Waals surface area contributed by atoms with Gasteiger partial charge in [0.15, 0.2) is 6.17 Å². The molecule has 0 saturated heterocycles. The summed E-state index contributed by atoms with van der Waals surface area (Å²) in [4.78, 5) is -0.408. The minimum Gasteiger partial charge on any atom is -0.379 e. The fourth-order valence-corrected chi connectivity index (χ4v) is 4.45. The topological polar surface area (TPSA) is 85.7 Å². The maximum absolute atomic E-state index is 14.5. The van der Waals surface area contributed by atoms with Crippen molar-refractivity contribution < 1.29 is 26.5 Å². The summed E-state index contributed by atoms with van der Waals surface area (Å²) in [7, 11) is -4.47. The summed E-state index contributed by atoms with van der Waals surface area (Å²) < 4.78 is 56.5. The number of rotatable bonds is 15. The van der Waals surface area contributed by atoms with Crippen LogP contribution >= 0.6 is 34.8 Å². The molecule has 0 aliphatic carbocycles. The summed E-state index contributed by atoms with van der Waals surface area (Å²) in [5.74, 6) is 0. The van der Waals surface area contributed by atoms with E-state index in [1.165, 1.54) is 6.07 Å². The second kappa shape index (κ2) is 13.8. The second-order valence-electron chi connectivity index (χ2n) is 6.51. The van der Waals surface area contributed by atoms with Crippen molar-refractivity contribution in [2.75, 3.05) is 19.8 Å². The molecule has 0 aromatic heterocycles. The van der Waals surface area contributed by atoms with Crippen molar-refractivity contribution in [1.82, 2.24) is 0 Å². The van der Waals surface area contributed by atoms with Crippen molar-refractivity contribution >= 4 is 51.1 Å². The molecule has 3 atom stereocenters. The first kappa shape index (κ1) is 27.6. The zero-order chi connectivity index (χ0) is 22.7. The highest BCUT2D eigenvalue weighted by Gasteiger charge is 2.36. The summed E-state index contributed by atoms with van der Waals surface area (Å²) in [6.07, 6.45) is -1.01. The van der Waals surface area contributed by atoms with Gasteiger partial charge in [-0.25, -0.2) is 4.39 Å². The molecule has 0 radical (unpaired) electrons. The van der Waals surface area contributed by atoms with Gasteiger partial charge in [0.25, 0.3) is 10.1 Å². The van der Waals surface area contributed by atoms with Gasteiger partial charge < -0.3 is 14.9 Å². The van der Waals surface area contributed by atoms with E-state index in [-0.39, 0.29) is 28.3 Å². The molecule has 1 aromatic carbocycles. The average molecular weight is 507 g/mol. The number of hydrogen-bond donors (Lipinski definition) is 1. The number of unbranched alkanes of at least 4 members (excludes halogenated alkanes) is 2. The van der Waals surface area contributed by atoms with Crippen LogP contribution in [0.3, 0.4) is 0 Å². The van der Waals surface area contributed by atoms with Gasteiger partial charge in [-0.2, -0.15) is 8.42 Å². The molecule has 1 N–H and O–H groups in total. The molecule has 0 saturated carbocycles. The molecule has 0 unspecified atom stereocenters. The van der Waals surface area contributed by atoms with Gasteiger partial charge in [0.1, 0.15) is 17.1 Å². The third-order valence-electron chi connectivity index (χ3n) is 4.07. The van der Waals surface area contributed by atoms with Crippen LogP contribution in [0.1, 0.15) is 39.5 Å². The van der Waals surface area contributed by atoms with Gasteiger partial charge in [-0.1, -0.05) is 61.5 Å². The van der Waals surface area contributed by atoms with Crippen molar-refractivity contribution in [3.63, 3.8) is 0 Å². The Balaban J connectivity index is 3.18. The molecule has 0 fully saturated rings. The standard InChI is InChI=1S/C19H27Cl3FNO5S/c1-3-5-7-27-12-17(19(16(23)11-24)28-8-6-4-2)29-30(25,26)18-10-14(21)13(20)9-15(18)22/h9-11,16-17,19,24H,3-8,12H2,1-2H3/t16-,17-,19+/m1/s1. The smallest absolute Gasteiger partial charge is 0.298 e. The number of alkyl halides is 1. The van der Waals surface area contributed by atoms with Gasteiger partial charge in [-0.15, -0.1) is 0 Å². The Kier molecular flexibility index (Phi) is 12.7. The lowest BCUT2D eigenvalue weighted by molar-refractivity contribution is -0.0773. The largest absolute Gasteiger partial charge is 0.379 e. The molecule has 30 heavy (non-hydrogen) atoms. The minimum atomic E-state index is -4.47. The van der Waals surface area contributed by atoms with Crippen LogP contribution in [-0.2, 0) is 23.8 Å². The summed E-state index contributed by atoms with van der Waals surface area (Å²) in [6.45, 7) is 4.17. The Morgan fingerprint density at radius 3 is 2.27 bits per heavy atom. The van der Waals surface area contributed by atoms with Crippen LogP contribution in [0.25, 0.3) is 0 Å². The van der Waals surface area contributed by atoms with Crippen LogP contribution in [0, 0.1) is 5.41 Å². The number of hydrogen-bond acceptors (Lipinski definition) is 6. The Hall–Kier alpha value is -0.480. The first-order valence-corrected chi connectivity index (χ1v) is 12.1. The number of halogens is 4. The van der Waals surface area contributed by atoms with E-state index in [1.807, 2.05) is 13.8 Å². The third-order valence-corrected chi connectivity index (χ3v) is 6.59. The highest BCUT2D eigenvalue weighted by atomic mass is 35.5. The van der Waals surface area contributed by atoms with Crippen LogP contribution in [0.5, 0.6) is 0 Å². The molecule has 172 valence electrons.